The molecule has 0 aliphatic heterocycles. The van der Waals surface area contributed by atoms with E-state index in [4.69, 9.17) is 4.42 Å². The Bertz CT molecular complexity index is 289. The number of halogens is 1. The van der Waals surface area contributed by atoms with Gasteiger partial charge in [0.15, 0.2) is 11.5 Å². The first-order valence-electron chi connectivity index (χ1n) is 4.37. The van der Waals surface area contributed by atoms with Gasteiger partial charge in [-0.3, -0.25) is 4.79 Å². The van der Waals surface area contributed by atoms with Gasteiger partial charge in [0.2, 0.25) is 0 Å². The predicted octanol–water partition coefficient (Wildman–Crippen LogP) is 3.66. The van der Waals surface area contributed by atoms with Crippen molar-refractivity contribution < 1.29 is 9.21 Å². The SMILES string of the molecule is CC(C)CCC(=O)c1occc1Br. The molecule has 0 radical (unpaired) electrons. The standard InChI is InChI=1S/C10H13BrO2/c1-7(2)3-4-9(12)10-8(11)5-6-13-10/h5-7H,3-4H2,1-2H3. The minimum absolute atomic E-state index is 0.0746. The molecule has 0 unspecified atom stereocenters. The van der Waals surface area contributed by atoms with E-state index in [1.165, 1.54) is 6.26 Å². The maximum absolute atomic E-state index is 11.5. The van der Waals surface area contributed by atoms with E-state index in [0.717, 1.165) is 10.9 Å². The molecule has 3 heteroatoms. The van der Waals surface area contributed by atoms with Gasteiger partial charge in [-0.15, -0.1) is 0 Å². The highest BCUT2D eigenvalue weighted by Crippen LogP contribution is 2.20. The van der Waals surface area contributed by atoms with Crippen LogP contribution in [0.15, 0.2) is 21.2 Å². The van der Waals surface area contributed by atoms with Gasteiger partial charge in [-0.1, -0.05) is 13.8 Å². The summed E-state index contributed by atoms with van der Waals surface area (Å²) in [4.78, 5) is 11.5. The third-order valence-electron chi connectivity index (χ3n) is 1.82. The lowest BCUT2D eigenvalue weighted by molar-refractivity contribution is 0.0947. The summed E-state index contributed by atoms with van der Waals surface area (Å²) < 4.78 is 5.81. The summed E-state index contributed by atoms with van der Waals surface area (Å²) in [6, 6.07) is 1.74. The van der Waals surface area contributed by atoms with Gasteiger partial charge in [-0.05, 0) is 34.3 Å². The molecule has 0 aliphatic rings. The average Bonchev–Trinajstić information content (AvgIpc) is 2.47. The monoisotopic (exact) mass is 244 g/mol. The number of Topliss-reactive ketones (excluding diaryl/α,β-unsaturated/α-hetero) is 1. The topological polar surface area (TPSA) is 30.2 Å². The zero-order chi connectivity index (χ0) is 9.84. The fraction of sp³-hybridized carbons (Fsp3) is 0.500. The molecule has 0 saturated heterocycles. The fourth-order valence-electron chi connectivity index (χ4n) is 1.03. The maximum Gasteiger partial charge on any atom is 0.199 e. The first-order chi connectivity index (χ1) is 6.11. The number of furan rings is 1. The smallest absolute Gasteiger partial charge is 0.199 e. The molecular weight excluding hydrogens is 232 g/mol. The molecule has 0 aliphatic carbocycles. The molecule has 0 saturated carbocycles. The van der Waals surface area contributed by atoms with Gasteiger partial charge >= 0.3 is 0 Å². The molecule has 0 bridgehead atoms. The van der Waals surface area contributed by atoms with E-state index in [0.29, 0.717) is 18.1 Å². The van der Waals surface area contributed by atoms with Gasteiger partial charge in [0.25, 0.3) is 0 Å². The van der Waals surface area contributed by atoms with Gasteiger partial charge in [0, 0.05) is 6.42 Å². The largest absolute Gasteiger partial charge is 0.460 e. The number of carbonyl (C=O) groups excluding carboxylic acids is 1. The number of carbonyl (C=O) groups is 1. The zero-order valence-corrected chi connectivity index (χ0v) is 9.43. The van der Waals surface area contributed by atoms with E-state index in [2.05, 4.69) is 29.8 Å². The average molecular weight is 245 g/mol. The lowest BCUT2D eigenvalue weighted by atomic mass is 10.1. The predicted molar refractivity (Wildman–Crippen MR) is 54.8 cm³/mol. The second-order valence-corrected chi connectivity index (χ2v) is 4.31. The van der Waals surface area contributed by atoms with Crippen LogP contribution in [0.25, 0.3) is 0 Å². The summed E-state index contributed by atoms with van der Waals surface area (Å²) in [6.45, 7) is 4.20. The van der Waals surface area contributed by atoms with Crippen molar-refractivity contribution in [2.45, 2.75) is 26.7 Å². The van der Waals surface area contributed by atoms with E-state index in [1.807, 2.05) is 0 Å². The molecule has 0 aromatic carbocycles. The van der Waals surface area contributed by atoms with Crippen LogP contribution in [0, 0.1) is 5.92 Å². The molecular formula is C10H13BrO2. The second-order valence-electron chi connectivity index (χ2n) is 3.45. The quantitative estimate of drug-likeness (QED) is 0.757. The molecule has 1 heterocycles. The van der Waals surface area contributed by atoms with Crippen LogP contribution in [-0.4, -0.2) is 5.78 Å². The first kappa shape index (κ1) is 10.5. The van der Waals surface area contributed by atoms with Gasteiger partial charge in [-0.2, -0.15) is 0 Å². The van der Waals surface area contributed by atoms with Crippen molar-refractivity contribution >= 4 is 21.7 Å². The van der Waals surface area contributed by atoms with Crippen molar-refractivity contribution in [2.75, 3.05) is 0 Å². The number of ketones is 1. The van der Waals surface area contributed by atoms with E-state index < -0.39 is 0 Å². The normalized spacial score (nSPS) is 10.8. The molecule has 13 heavy (non-hydrogen) atoms. The minimum atomic E-state index is 0.0746. The van der Waals surface area contributed by atoms with Crippen LogP contribution in [0.1, 0.15) is 37.2 Å². The third kappa shape index (κ3) is 2.99. The van der Waals surface area contributed by atoms with Crippen molar-refractivity contribution in [3.63, 3.8) is 0 Å². The van der Waals surface area contributed by atoms with Crippen molar-refractivity contribution in [3.8, 4) is 0 Å². The van der Waals surface area contributed by atoms with Gasteiger partial charge in [-0.25, -0.2) is 0 Å². The molecule has 0 amide bonds. The Hall–Kier alpha value is -0.570. The summed E-state index contributed by atoms with van der Waals surface area (Å²) in [5.74, 6) is 1.07. The molecule has 72 valence electrons. The Labute approximate surface area is 86.4 Å². The highest BCUT2D eigenvalue weighted by Gasteiger charge is 2.13. The van der Waals surface area contributed by atoms with Gasteiger partial charge < -0.3 is 4.42 Å². The van der Waals surface area contributed by atoms with Crippen molar-refractivity contribution in [1.29, 1.82) is 0 Å². The summed E-state index contributed by atoms with van der Waals surface area (Å²) >= 11 is 3.26. The minimum Gasteiger partial charge on any atom is -0.460 e. The van der Waals surface area contributed by atoms with Crippen molar-refractivity contribution in [3.05, 3.63) is 22.6 Å². The summed E-state index contributed by atoms with van der Waals surface area (Å²) in [5, 5.41) is 0. The van der Waals surface area contributed by atoms with E-state index in [9.17, 15) is 4.79 Å². The van der Waals surface area contributed by atoms with E-state index in [1.54, 1.807) is 6.07 Å². The van der Waals surface area contributed by atoms with Crippen LogP contribution in [0.5, 0.6) is 0 Å². The molecule has 1 aromatic rings. The lowest BCUT2D eigenvalue weighted by Crippen LogP contribution is -2.00. The summed E-state index contributed by atoms with van der Waals surface area (Å²) in [7, 11) is 0. The molecule has 0 spiro atoms. The number of hydrogen-bond acceptors (Lipinski definition) is 2. The highest BCUT2D eigenvalue weighted by atomic mass is 79.9. The zero-order valence-electron chi connectivity index (χ0n) is 7.84. The molecule has 2 nitrogen and oxygen atoms in total. The Balaban J connectivity index is 2.54. The van der Waals surface area contributed by atoms with Crippen molar-refractivity contribution in [1.82, 2.24) is 0 Å². The molecule has 0 fully saturated rings. The number of hydrogen-bond donors (Lipinski definition) is 0. The van der Waals surface area contributed by atoms with E-state index >= 15 is 0 Å². The van der Waals surface area contributed by atoms with Crippen LogP contribution >= 0.6 is 15.9 Å². The third-order valence-corrected chi connectivity index (χ3v) is 2.44. The lowest BCUT2D eigenvalue weighted by Gasteiger charge is -2.01. The Kier molecular flexibility index (Phi) is 3.72. The summed E-state index contributed by atoms with van der Waals surface area (Å²) in [5.41, 5.74) is 0. The molecule has 0 atom stereocenters. The second kappa shape index (κ2) is 4.61. The Morgan fingerprint density at radius 1 is 1.62 bits per heavy atom. The Morgan fingerprint density at radius 3 is 2.77 bits per heavy atom. The molecule has 1 rings (SSSR count). The van der Waals surface area contributed by atoms with Gasteiger partial charge in [0.05, 0.1) is 10.7 Å². The summed E-state index contributed by atoms with van der Waals surface area (Å²) in [6.07, 6.45) is 2.99. The van der Waals surface area contributed by atoms with Crippen LogP contribution in [-0.2, 0) is 0 Å². The van der Waals surface area contributed by atoms with Crippen LogP contribution in [0.3, 0.4) is 0 Å². The van der Waals surface area contributed by atoms with Gasteiger partial charge in [0.1, 0.15) is 0 Å². The molecule has 0 N–H and O–H groups in total. The fourth-order valence-corrected chi connectivity index (χ4v) is 1.45. The Morgan fingerprint density at radius 2 is 2.31 bits per heavy atom. The van der Waals surface area contributed by atoms with E-state index in [-0.39, 0.29) is 5.78 Å². The van der Waals surface area contributed by atoms with Crippen LogP contribution in [0.4, 0.5) is 0 Å². The van der Waals surface area contributed by atoms with Crippen LogP contribution in [0.2, 0.25) is 0 Å². The van der Waals surface area contributed by atoms with Crippen molar-refractivity contribution in [2.24, 2.45) is 5.92 Å². The first-order valence-corrected chi connectivity index (χ1v) is 5.16. The van der Waals surface area contributed by atoms with Crippen LogP contribution < -0.4 is 0 Å². The number of rotatable bonds is 4. The maximum atomic E-state index is 11.5. The molecule has 1 aromatic heterocycles. The highest BCUT2D eigenvalue weighted by molar-refractivity contribution is 9.10.